The van der Waals surface area contributed by atoms with Gasteiger partial charge in [0.05, 0.1) is 6.04 Å². The van der Waals surface area contributed by atoms with Crippen LogP contribution in [0, 0.1) is 5.82 Å². The molecule has 0 saturated carbocycles. The number of halogens is 1. The molecule has 2 N–H and O–H groups in total. The number of aromatic nitrogens is 1. The molecule has 0 bridgehead atoms. The molecule has 8 heteroatoms. The van der Waals surface area contributed by atoms with E-state index in [1.807, 2.05) is 45.0 Å². The lowest BCUT2D eigenvalue weighted by molar-refractivity contribution is -0.159. The van der Waals surface area contributed by atoms with E-state index in [1.165, 1.54) is 17.0 Å². The number of para-hydroxylation sites is 1. The standard InChI is InChI=1S/C26H27FN4O3/c1-26(2,3)29-21(32)13-30-14-22(33)31-20(25(30)34)12-18-17-6-4-5-7-19(17)28-23(18)24(31)15-8-10-16(27)11-9-15/h4-11,20,24,28H,12-14H2,1-3H3,(H,29,32). The summed E-state index contributed by atoms with van der Waals surface area (Å²) >= 11 is 0. The van der Waals surface area contributed by atoms with Crippen LogP contribution in [0.3, 0.4) is 0 Å². The van der Waals surface area contributed by atoms with Gasteiger partial charge in [0.1, 0.15) is 24.9 Å². The summed E-state index contributed by atoms with van der Waals surface area (Å²) in [5, 5.41) is 3.84. The second-order valence-electron chi connectivity index (χ2n) is 10.0. The van der Waals surface area contributed by atoms with E-state index in [0.717, 1.165) is 27.7 Å². The van der Waals surface area contributed by atoms with Crippen LogP contribution in [0.2, 0.25) is 0 Å². The molecule has 2 aliphatic heterocycles. The Hall–Kier alpha value is -3.68. The fourth-order valence-corrected chi connectivity index (χ4v) is 5.08. The van der Waals surface area contributed by atoms with Crippen molar-refractivity contribution in [3.63, 3.8) is 0 Å². The highest BCUT2D eigenvalue weighted by molar-refractivity contribution is 5.99. The van der Waals surface area contributed by atoms with Gasteiger partial charge in [-0.1, -0.05) is 30.3 Å². The number of aromatic amines is 1. The third-order valence-corrected chi connectivity index (χ3v) is 6.38. The summed E-state index contributed by atoms with van der Waals surface area (Å²) in [5.74, 6) is -1.18. The van der Waals surface area contributed by atoms with Crippen LogP contribution in [0.25, 0.3) is 10.9 Å². The van der Waals surface area contributed by atoms with Crippen molar-refractivity contribution < 1.29 is 18.8 Å². The van der Waals surface area contributed by atoms with Gasteiger partial charge in [-0.3, -0.25) is 14.4 Å². The summed E-state index contributed by atoms with van der Waals surface area (Å²) < 4.78 is 13.7. The largest absolute Gasteiger partial charge is 0.356 e. The first-order chi connectivity index (χ1) is 16.1. The second kappa shape index (κ2) is 7.97. The maximum atomic E-state index is 13.7. The highest BCUT2D eigenvalue weighted by atomic mass is 19.1. The average molecular weight is 463 g/mol. The number of hydrogen-bond acceptors (Lipinski definition) is 3. The highest BCUT2D eigenvalue weighted by Crippen LogP contribution is 2.42. The summed E-state index contributed by atoms with van der Waals surface area (Å²) in [7, 11) is 0. The molecule has 3 amide bonds. The number of H-pyrrole nitrogens is 1. The topological polar surface area (TPSA) is 85.5 Å². The van der Waals surface area contributed by atoms with Gasteiger partial charge in [0.25, 0.3) is 0 Å². The van der Waals surface area contributed by atoms with Crippen molar-refractivity contribution in [3.8, 4) is 0 Å². The zero-order chi connectivity index (χ0) is 24.2. The van der Waals surface area contributed by atoms with Crippen molar-refractivity contribution in [2.45, 2.75) is 44.8 Å². The fraction of sp³-hybridized carbons (Fsp3) is 0.346. The Labute approximate surface area is 196 Å². The SMILES string of the molecule is CC(C)(C)NC(=O)CN1CC(=O)N2C(Cc3c([nH]c4ccccc34)C2c2ccc(F)cc2)C1=O. The highest BCUT2D eigenvalue weighted by Gasteiger charge is 2.48. The van der Waals surface area contributed by atoms with Gasteiger partial charge < -0.3 is 20.1 Å². The summed E-state index contributed by atoms with van der Waals surface area (Å²) in [6.45, 7) is 5.24. The van der Waals surface area contributed by atoms with E-state index in [2.05, 4.69) is 10.3 Å². The van der Waals surface area contributed by atoms with Gasteiger partial charge in [0.2, 0.25) is 17.7 Å². The third kappa shape index (κ3) is 3.83. The molecule has 2 unspecified atom stereocenters. The molecule has 0 spiro atoms. The molecule has 2 atom stereocenters. The zero-order valence-electron chi connectivity index (χ0n) is 19.4. The predicted octanol–water partition coefficient (Wildman–Crippen LogP) is 2.91. The van der Waals surface area contributed by atoms with E-state index in [-0.39, 0.29) is 36.6 Å². The lowest BCUT2D eigenvalue weighted by atomic mass is 9.86. The molecular formula is C26H27FN4O3. The summed E-state index contributed by atoms with van der Waals surface area (Å²) in [5.41, 5.74) is 3.00. The Morgan fingerprint density at radius 1 is 1.12 bits per heavy atom. The molecule has 34 heavy (non-hydrogen) atoms. The molecule has 2 aromatic carbocycles. The maximum Gasteiger partial charge on any atom is 0.246 e. The van der Waals surface area contributed by atoms with E-state index in [1.54, 1.807) is 17.0 Å². The Morgan fingerprint density at radius 2 is 1.82 bits per heavy atom. The zero-order valence-corrected chi connectivity index (χ0v) is 19.4. The minimum absolute atomic E-state index is 0.172. The van der Waals surface area contributed by atoms with Crippen molar-refractivity contribution in [1.29, 1.82) is 0 Å². The number of nitrogens with zero attached hydrogens (tertiary/aromatic N) is 2. The molecule has 0 radical (unpaired) electrons. The molecule has 3 aromatic rings. The summed E-state index contributed by atoms with van der Waals surface area (Å²) in [4.78, 5) is 45.9. The van der Waals surface area contributed by atoms with Gasteiger partial charge in [-0.2, -0.15) is 0 Å². The van der Waals surface area contributed by atoms with Crippen molar-refractivity contribution in [2.75, 3.05) is 13.1 Å². The third-order valence-electron chi connectivity index (χ3n) is 6.38. The number of carbonyl (C=O) groups is 3. The summed E-state index contributed by atoms with van der Waals surface area (Å²) in [6, 6.07) is 12.5. The van der Waals surface area contributed by atoms with E-state index < -0.39 is 17.6 Å². The van der Waals surface area contributed by atoms with Gasteiger partial charge in [-0.25, -0.2) is 4.39 Å². The molecule has 176 valence electrons. The Bertz CT molecular complexity index is 1290. The van der Waals surface area contributed by atoms with Crippen molar-refractivity contribution in [1.82, 2.24) is 20.1 Å². The minimum atomic E-state index is -0.745. The first-order valence-corrected chi connectivity index (χ1v) is 11.4. The molecule has 1 aromatic heterocycles. The van der Waals surface area contributed by atoms with Gasteiger partial charge >= 0.3 is 0 Å². The Kier molecular flexibility index (Phi) is 5.19. The van der Waals surface area contributed by atoms with Crippen LogP contribution in [-0.2, 0) is 20.8 Å². The van der Waals surface area contributed by atoms with Crippen molar-refractivity contribution in [3.05, 3.63) is 71.2 Å². The predicted molar refractivity (Wildman–Crippen MR) is 125 cm³/mol. The van der Waals surface area contributed by atoms with Crippen molar-refractivity contribution in [2.24, 2.45) is 0 Å². The number of nitrogens with one attached hydrogen (secondary N) is 2. The van der Waals surface area contributed by atoms with Crippen LogP contribution in [0.15, 0.2) is 48.5 Å². The Balaban J connectivity index is 1.56. The van der Waals surface area contributed by atoms with Gasteiger partial charge in [0, 0.05) is 28.6 Å². The van der Waals surface area contributed by atoms with Gasteiger partial charge in [-0.15, -0.1) is 0 Å². The van der Waals surface area contributed by atoms with Crippen LogP contribution in [0.5, 0.6) is 0 Å². The Morgan fingerprint density at radius 3 is 2.53 bits per heavy atom. The normalized spacial score (nSPS) is 20.4. The van der Waals surface area contributed by atoms with Crippen LogP contribution in [0.4, 0.5) is 4.39 Å². The maximum absolute atomic E-state index is 13.7. The van der Waals surface area contributed by atoms with Crippen LogP contribution in [-0.4, -0.2) is 57.2 Å². The van der Waals surface area contributed by atoms with E-state index >= 15 is 0 Å². The lowest BCUT2D eigenvalue weighted by Gasteiger charge is -2.47. The number of hydrogen-bond donors (Lipinski definition) is 2. The number of rotatable bonds is 3. The molecule has 3 heterocycles. The van der Waals surface area contributed by atoms with Crippen LogP contribution >= 0.6 is 0 Å². The van der Waals surface area contributed by atoms with E-state index in [4.69, 9.17) is 0 Å². The number of fused-ring (bicyclic) bond motifs is 4. The molecule has 1 saturated heterocycles. The van der Waals surface area contributed by atoms with Gasteiger partial charge in [0.15, 0.2) is 0 Å². The van der Waals surface area contributed by atoms with E-state index in [9.17, 15) is 18.8 Å². The number of carbonyl (C=O) groups excluding carboxylic acids is 3. The molecule has 1 fully saturated rings. The van der Waals surface area contributed by atoms with Crippen LogP contribution in [0.1, 0.15) is 43.6 Å². The average Bonchev–Trinajstić information content (AvgIpc) is 3.14. The molecule has 2 aliphatic rings. The summed E-state index contributed by atoms with van der Waals surface area (Å²) in [6.07, 6.45) is 0.346. The molecule has 0 aliphatic carbocycles. The minimum Gasteiger partial charge on any atom is -0.356 e. The van der Waals surface area contributed by atoms with Crippen LogP contribution < -0.4 is 5.32 Å². The molecular weight excluding hydrogens is 435 g/mol. The number of benzene rings is 2. The quantitative estimate of drug-likeness (QED) is 0.628. The lowest BCUT2D eigenvalue weighted by Crippen LogP contribution is -2.64. The van der Waals surface area contributed by atoms with E-state index in [0.29, 0.717) is 6.42 Å². The smallest absolute Gasteiger partial charge is 0.246 e. The fourth-order valence-electron chi connectivity index (χ4n) is 5.08. The van der Waals surface area contributed by atoms with Gasteiger partial charge in [-0.05, 0) is 50.1 Å². The monoisotopic (exact) mass is 462 g/mol. The molecule has 5 rings (SSSR count). The number of amides is 3. The second-order valence-corrected chi connectivity index (χ2v) is 10.0. The molecule has 7 nitrogen and oxygen atoms in total. The first kappa shape index (κ1) is 22.1. The number of piperazine rings is 1. The first-order valence-electron chi connectivity index (χ1n) is 11.4. The van der Waals surface area contributed by atoms with Crippen molar-refractivity contribution >= 4 is 28.6 Å².